The molecule has 0 aliphatic carbocycles. The van der Waals surface area contributed by atoms with Crippen LogP contribution >= 0.6 is 27.3 Å². The minimum atomic E-state index is 0.584. The monoisotopic (exact) mass is 318 g/mol. The molecule has 0 bridgehead atoms. The zero-order valence-corrected chi connectivity index (χ0v) is 13.4. The Kier molecular flexibility index (Phi) is 7.35. The van der Waals surface area contributed by atoms with Gasteiger partial charge in [-0.15, -0.1) is 11.3 Å². The normalized spacial score (nSPS) is 13.2. The molecule has 0 fully saturated rings. The molecule has 1 aromatic rings. The molecule has 2 nitrogen and oxygen atoms in total. The SMILES string of the molecule is CCN(CC)CCC(Cc1cc(Br)cs1)NC. The maximum Gasteiger partial charge on any atom is 0.0285 e. The zero-order chi connectivity index (χ0) is 12.7. The van der Waals surface area contributed by atoms with Gasteiger partial charge in [-0.25, -0.2) is 0 Å². The number of likely N-dealkylation sites (N-methyl/N-ethyl adjacent to an activating group) is 1. The molecular weight excluding hydrogens is 296 g/mol. The fourth-order valence-electron chi connectivity index (χ4n) is 1.93. The van der Waals surface area contributed by atoms with E-state index in [0.29, 0.717) is 6.04 Å². The Morgan fingerprint density at radius 2 is 2.12 bits per heavy atom. The molecular formula is C13H23BrN2S. The van der Waals surface area contributed by atoms with Crippen molar-refractivity contribution in [1.82, 2.24) is 10.2 Å². The van der Waals surface area contributed by atoms with E-state index in [1.54, 1.807) is 0 Å². The predicted molar refractivity (Wildman–Crippen MR) is 81.0 cm³/mol. The number of halogens is 1. The average molecular weight is 319 g/mol. The van der Waals surface area contributed by atoms with E-state index in [1.807, 2.05) is 11.3 Å². The zero-order valence-electron chi connectivity index (χ0n) is 11.0. The van der Waals surface area contributed by atoms with Gasteiger partial charge in [0.15, 0.2) is 0 Å². The first-order valence-corrected chi connectivity index (χ1v) is 7.99. The quantitative estimate of drug-likeness (QED) is 0.790. The van der Waals surface area contributed by atoms with Crippen molar-refractivity contribution < 1.29 is 0 Å². The lowest BCUT2D eigenvalue weighted by atomic mass is 10.1. The molecule has 1 N–H and O–H groups in total. The molecule has 0 aromatic carbocycles. The number of nitrogens with one attached hydrogen (secondary N) is 1. The molecule has 1 heterocycles. The van der Waals surface area contributed by atoms with Crippen molar-refractivity contribution in [3.05, 3.63) is 20.8 Å². The van der Waals surface area contributed by atoms with Crippen LogP contribution in [0.4, 0.5) is 0 Å². The van der Waals surface area contributed by atoms with E-state index in [9.17, 15) is 0 Å². The van der Waals surface area contributed by atoms with Crippen molar-refractivity contribution in [2.45, 2.75) is 32.7 Å². The van der Waals surface area contributed by atoms with Crippen LogP contribution in [0.1, 0.15) is 25.1 Å². The second-order valence-corrected chi connectivity index (χ2v) is 6.15. The molecule has 1 atom stereocenters. The fourth-order valence-corrected chi connectivity index (χ4v) is 3.46. The molecule has 17 heavy (non-hydrogen) atoms. The minimum Gasteiger partial charge on any atom is -0.317 e. The number of rotatable bonds is 8. The standard InChI is InChI=1S/C13H23BrN2S/c1-4-16(5-2)7-6-12(15-3)9-13-8-11(14)10-17-13/h8,10,12,15H,4-7,9H2,1-3H3. The van der Waals surface area contributed by atoms with Crippen LogP contribution in [0.15, 0.2) is 15.9 Å². The Labute approximate surface area is 118 Å². The number of hydrogen-bond acceptors (Lipinski definition) is 3. The summed E-state index contributed by atoms with van der Waals surface area (Å²) >= 11 is 5.35. The van der Waals surface area contributed by atoms with Crippen LogP contribution < -0.4 is 5.32 Å². The molecule has 0 aliphatic rings. The van der Waals surface area contributed by atoms with Crippen LogP contribution in [-0.4, -0.2) is 37.6 Å². The molecule has 1 rings (SSSR count). The summed E-state index contributed by atoms with van der Waals surface area (Å²) in [5.41, 5.74) is 0. The maximum atomic E-state index is 3.51. The van der Waals surface area contributed by atoms with Crippen LogP contribution in [0.2, 0.25) is 0 Å². The van der Waals surface area contributed by atoms with E-state index >= 15 is 0 Å². The lowest BCUT2D eigenvalue weighted by Gasteiger charge is -2.22. The van der Waals surface area contributed by atoms with E-state index in [2.05, 4.69) is 58.5 Å². The summed E-state index contributed by atoms with van der Waals surface area (Å²) in [6, 6.07) is 2.81. The molecule has 0 saturated heterocycles. The summed E-state index contributed by atoms with van der Waals surface area (Å²) in [7, 11) is 2.07. The Morgan fingerprint density at radius 3 is 2.59 bits per heavy atom. The van der Waals surface area contributed by atoms with Gasteiger partial charge in [0, 0.05) is 20.8 Å². The van der Waals surface area contributed by atoms with Crippen LogP contribution in [0.3, 0.4) is 0 Å². The summed E-state index contributed by atoms with van der Waals surface area (Å²) in [5.74, 6) is 0. The van der Waals surface area contributed by atoms with Gasteiger partial charge >= 0.3 is 0 Å². The molecule has 0 aliphatic heterocycles. The second kappa shape index (κ2) is 8.25. The van der Waals surface area contributed by atoms with E-state index in [1.165, 1.54) is 22.3 Å². The third kappa shape index (κ3) is 5.51. The molecule has 0 saturated carbocycles. The molecule has 0 spiro atoms. The van der Waals surface area contributed by atoms with E-state index in [0.717, 1.165) is 19.5 Å². The van der Waals surface area contributed by atoms with Crippen molar-refractivity contribution in [2.24, 2.45) is 0 Å². The topological polar surface area (TPSA) is 15.3 Å². The molecule has 0 radical (unpaired) electrons. The van der Waals surface area contributed by atoms with Gasteiger partial charge in [0.2, 0.25) is 0 Å². The van der Waals surface area contributed by atoms with Crippen LogP contribution in [0, 0.1) is 0 Å². The Hall–Kier alpha value is 0.1000. The van der Waals surface area contributed by atoms with Gasteiger partial charge in [-0.1, -0.05) is 13.8 Å². The van der Waals surface area contributed by atoms with E-state index in [-0.39, 0.29) is 0 Å². The predicted octanol–water partition coefficient (Wildman–Crippen LogP) is 3.37. The average Bonchev–Trinajstić information content (AvgIpc) is 2.74. The highest BCUT2D eigenvalue weighted by Crippen LogP contribution is 2.21. The van der Waals surface area contributed by atoms with Crippen molar-refractivity contribution in [1.29, 1.82) is 0 Å². The lowest BCUT2D eigenvalue weighted by Crippen LogP contribution is -2.33. The smallest absolute Gasteiger partial charge is 0.0285 e. The van der Waals surface area contributed by atoms with Crippen molar-refractivity contribution in [3.63, 3.8) is 0 Å². The van der Waals surface area contributed by atoms with Gasteiger partial charge in [-0.2, -0.15) is 0 Å². The van der Waals surface area contributed by atoms with Crippen molar-refractivity contribution in [2.75, 3.05) is 26.7 Å². The van der Waals surface area contributed by atoms with Crippen LogP contribution in [-0.2, 0) is 6.42 Å². The largest absolute Gasteiger partial charge is 0.317 e. The summed E-state index contributed by atoms with van der Waals surface area (Å²) in [4.78, 5) is 3.94. The van der Waals surface area contributed by atoms with Gasteiger partial charge in [-0.05, 0) is 61.5 Å². The van der Waals surface area contributed by atoms with Gasteiger partial charge in [0.05, 0.1) is 0 Å². The summed E-state index contributed by atoms with van der Waals surface area (Å²) in [6.45, 7) is 7.95. The Morgan fingerprint density at radius 1 is 1.41 bits per heavy atom. The minimum absolute atomic E-state index is 0.584. The molecule has 0 amide bonds. The molecule has 4 heteroatoms. The van der Waals surface area contributed by atoms with Gasteiger partial charge in [0.25, 0.3) is 0 Å². The second-order valence-electron chi connectivity index (χ2n) is 4.24. The Bertz CT molecular complexity index is 310. The fraction of sp³-hybridized carbons (Fsp3) is 0.692. The Balaban J connectivity index is 2.38. The van der Waals surface area contributed by atoms with Crippen LogP contribution in [0.25, 0.3) is 0 Å². The van der Waals surface area contributed by atoms with Crippen molar-refractivity contribution in [3.8, 4) is 0 Å². The molecule has 1 aromatic heterocycles. The number of thiophene rings is 1. The van der Waals surface area contributed by atoms with Crippen molar-refractivity contribution >= 4 is 27.3 Å². The highest BCUT2D eigenvalue weighted by Gasteiger charge is 2.10. The lowest BCUT2D eigenvalue weighted by molar-refractivity contribution is 0.283. The summed E-state index contributed by atoms with van der Waals surface area (Å²) in [6.07, 6.45) is 2.35. The first kappa shape index (κ1) is 15.2. The van der Waals surface area contributed by atoms with E-state index < -0.39 is 0 Å². The first-order chi connectivity index (χ1) is 8.19. The highest BCUT2D eigenvalue weighted by molar-refractivity contribution is 9.10. The maximum absolute atomic E-state index is 3.51. The van der Waals surface area contributed by atoms with E-state index in [4.69, 9.17) is 0 Å². The number of hydrogen-bond donors (Lipinski definition) is 1. The number of nitrogens with zero attached hydrogens (tertiary/aromatic N) is 1. The van der Waals surface area contributed by atoms with Gasteiger partial charge < -0.3 is 10.2 Å². The first-order valence-electron chi connectivity index (χ1n) is 6.32. The van der Waals surface area contributed by atoms with Gasteiger partial charge in [-0.3, -0.25) is 0 Å². The molecule has 98 valence electrons. The highest BCUT2D eigenvalue weighted by atomic mass is 79.9. The third-order valence-corrected chi connectivity index (χ3v) is 4.89. The van der Waals surface area contributed by atoms with Crippen LogP contribution in [0.5, 0.6) is 0 Å². The third-order valence-electron chi connectivity index (χ3n) is 3.17. The summed E-state index contributed by atoms with van der Waals surface area (Å²) in [5, 5.41) is 5.59. The van der Waals surface area contributed by atoms with Gasteiger partial charge in [0.1, 0.15) is 0 Å². The molecule has 1 unspecified atom stereocenters. The summed E-state index contributed by atoms with van der Waals surface area (Å²) < 4.78 is 1.20.